The average Bonchev–Trinajstić information content (AvgIpc) is 2.28. The molecule has 0 aliphatic carbocycles. The van der Waals surface area contributed by atoms with Crippen molar-refractivity contribution in [2.45, 2.75) is 52.8 Å². The number of carbonyl (C=O) groups excluding carboxylic acids is 1. The fourth-order valence-corrected chi connectivity index (χ4v) is 1.76. The lowest BCUT2D eigenvalue weighted by atomic mass is 10.1. The Morgan fingerprint density at radius 2 is 1.89 bits per heavy atom. The minimum Gasteiger partial charge on any atom is -0.459 e. The maximum atomic E-state index is 12.0. The largest absolute Gasteiger partial charge is 0.459 e. The highest BCUT2D eigenvalue weighted by Gasteiger charge is 2.24. The number of aryl methyl sites for hydroxylation is 1. The van der Waals surface area contributed by atoms with E-state index in [1.54, 1.807) is 0 Å². The van der Waals surface area contributed by atoms with Crippen molar-refractivity contribution in [1.82, 2.24) is 4.90 Å². The molecule has 0 aliphatic rings. The van der Waals surface area contributed by atoms with E-state index in [0.29, 0.717) is 0 Å². The van der Waals surface area contributed by atoms with E-state index in [-0.39, 0.29) is 12.0 Å². The van der Waals surface area contributed by atoms with Crippen LogP contribution in [0.15, 0.2) is 24.3 Å². The summed E-state index contributed by atoms with van der Waals surface area (Å²) in [5.74, 6) is -0.177. The summed E-state index contributed by atoms with van der Waals surface area (Å²) in [5, 5.41) is 0. The van der Waals surface area contributed by atoms with E-state index in [2.05, 4.69) is 19.1 Å². The van der Waals surface area contributed by atoms with E-state index in [0.717, 1.165) is 6.54 Å². The fourth-order valence-electron chi connectivity index (χ4n) is 1.76. The van der Waals surface area contributed by atoms with Crippen LogP contribution in [0.3, 0.4) is 0 Å². The number of ether oxygens (including phenoxy) is 1. The predicted molar refractivity (Wildman–Crippen MR) is 78.0 cm³/mol. The molecule has 3 heteroatoms. The van der Waals surface area contributed by atoms with Crippen LogP contribution in [0.4, 0.5) is 0 Å². The molecule has 0 N–H and O–H groups in total. The van der Waals surface area contributed by atoms with Crippen LogP contribution >= 0.6 is 0 Å². The van der Waals surface area contributed by atoms with Gasteiger partial charge in [-0.05, 0) is 52.8 Å². The number of nitrogens with zero attached hydrogens (tertiary/aromatic N) is 1. The van der Waals surface area contributed by atoms with Gasteiger partial charge in [-0.15, -0.1) is 0 Å². The Kier molecular flexibility index (Phi) is 5.12. The Hall–Kier alpha value is -1.35. The van der Waals surface area contributed by atoms with Crippen LogP contribution in [0, 0.1) is 6.92 Å². The molecule has 0 bridgehead atoms. The van der Waals surface area contributed by atoms with Crippen LogP contribution in [-0.4, -0.2) is 29.6 Å². The molecular formula is C16H25NO2. The van der Waals surface area contributed by atoms with Crippen molar-refractivity contribution in [2.75, 3.05) is 7.05 Å². The Morgan fingerprint density at radius 3 is 2.42 bits per heavy atom. The van der Waals surface area contributed by atoms with Gasteiger partial charge in [0.1, 0.15) is 11.6 Å². The van der Waals surface area contributed by atoms with Crippen molar-refractivity contribution in [3.63, 3.8) is 0 Å². The van der Waals surface area contributed by atoms with E-state index < -0.39 is 5.60 Å². The summed E-state index contributed by atoms with van der Waals surface area (Å²) in [6, 6.07) is 7.97. The summed E-state index contributed by atoms with van der Waals surface area (Å²) in [6.07, 6.45) is 0. The van der Waals surface area contributed by atoms with E-state index in [4.69, 9.17) is 4.74 Å². The highest BCUT2D eigenvalue weighted by atomic mass is 16.6. The van der Waals surface area contributed by atoms with Crippen molar-refractivity contribution in [1.29, 1.82) is 0 Å². The van der Waals surface area contributed by atoms with Gasteiger partial charge in [-0.2, -0.15) is 0 Å². The minimum atomic E-state index is -0.436. The highest BCUT2D eigenvalue weighted by molar-refractivity contribution is 5.75. The lowest BCUT2D eigenvalue weighted by molar-refractivity contribution is -0.160. The van der Waals surface area contributed by atoms with Crippen LogP contribution in [0.25, 0.3) is 0 Å². The summed E-state index contributed by atoms with van der Waals surface area (Å²) in [4.78, 5) is 14.0. The first-order valence-corrected chi connectivity index (χ1v) is 6.68. The zero-order chi connectivity index (χ0) is 14.6. The van der Waals surface area contributed by atoms with Gasteiger partial charge in [-0.1, -0.05) is 24.3 Å². The van der Waals surface area contributed by atoms with Gasteiger partial charge in [0, 0.05) is 6.54 Å². The van der Waals surface area contributed by atoms with Crippen LogP contribution in [0.5, 0.6) is 0 Å². The monoisotopic (exact) mass is 263 g/mol. The van der Waals surface area contributed by atoms with E-state index in [1.807, 2.05) is 51.8 Å². The van der Waals surface area contributed by atoms with E-state index >= 15 is 0 Å². The number of hydrogen-bond donors (Lipinski definition) is 0. The number of hydrogen-bond acceptors (Lipinski definition) is 3. The average molecular weight is 263 g/mol. The molecule has 0 aliphatic heterocycles. The van der Waals surface area contributed by atoms with Crippen molar-refractivity contribution in [3.8, 4) is 0 Å². The van der Waals surface area contributed by atoms with Gasteiger partial charge in [0.2, 0.25) is 0 Å². The first kappa shape index (κ1) is 15.7. The van der Waals surface area contributed by atoms with Gasteiger partial charge >= 0.3 is 5.97 Å². The standard InChI is InChI=1S/C16H25NO2/c1-12-9-7-8-10-14(12)11-17(6)13(2)15(18)19-16(3,4)5/h7-10,13H,11H2,1-6H3. The van der Waals surface area contributed by atoms with Gasteiger partial charge in [0.15, 0.2) is 0 Å². The minimum absolute atomic E-state index is 0.177. The molecule has 1 atom stereocenters. The lowest BCUT2D eigenvalue weighted by Gasteiger charge is -2.27. The summed E-state index contributed by atoms with van der Waals surface area (Å²) in [5.41, 5.74) is 2.04. The third-order valence-electron chi connectivity index (χ3n) is 3.09. The van der Waals surface area contributed by atoms with Gasteiger partial charge in [0.05, 0.1) is 0 Å². The number of rotatable bonds is 4. The third kappa shape index (κ3) is 5.03. The molecule has 1 aromatic rings. The second kappa shape index (κ2) is 6.20. The number of likely N-dealkylation sites (N-methyl/N-ethyl adjacent to an activating group) is 1. The number of carbonyl (C=O) groups is 1. The fraction of sp³-hybridized carbons (Fsp3) is 0.562. The lowest BCUT2D eigenvalue weighted by Crippen LogP contribution is -2.40. The number of benzene rings is 1. The van der Waals surface area contributed by atoms with Crippen LogP contribution < -0.4 is 0 Å². The maximum absolute atomic E-state index is 12.0. The molecule has 3 nitrogen and oxygen atoms in total. The molecule has 19 heavy (non-hydrogen) atoms. The Balaban J connectivity index is 2.65. The second-order valence-electron chi connectivity index (χ2n) is 6.05. The topological polar surface area (TPSA) is 29.5 Å². The normalized spacial score (nSPS) is 13.4. The Bertz CT molecular complexity index is 435. The van der Waals surface area contributed by atoms with Crippen molar-refractivity contribution in [2.24, 2.45) is 0 Å². The molecular weight excluding hydrogens is 238 g/mol. The zero-order valence-corrected chi connectivity index (χ0v) is 12.9. The van der Waals surface area contributed by atoms with Crippen LogP contribution in [0.1, 0.15) is 38.8 Å². The number of esters is 1. The van der Waals surface area contributed by atoms with Gasteiger partial charge in [0.25, 0.3) is 0 Å². The molecule has 0 spiro atoms. The molecule has 0 saturated heterocycles. The van der Waals surface area contributed by atoms with E-state index in [1.165, 1.54) is 11.1 Å². The third-order valence-corrected chi connectivity index (χ3v) is 3.09. The molecule has 1 rings (SSSR count). The van der Waals surface area contributed by atoms with Crippen molar-refractivity contribution in [3.05, 3.63) is 35.4 Å². The Morgan fingerprint density at radius 1 is 1.32 bits per heavy atom. The van der Waals surface area contributed by atoms with Gasteiger partial charge in [-0.3, -0.25) is 9.69 Å². The van der Waals surface area contributed by atoms with E-state index in [9.17, 15) is 4.79 Å². The van der Waals surface area contributed by atoms with Gasteiger partial charge < -0.3 is 4.74 Å². The molecule has 0 saturated carbocycles. The van der Waals surface area contributed by atoms with Gasteiger partial charge in [-0.25, -0.2) is 0 Å². The van der Waals surface area contributed by atoms with Crippen LogP contribution in [-0.2, 0) is 16.1 Å². The van der Waals surface area contributed by atoms with Crippen molar-refractivity contribution < 1.29 is 9.53 Å². The summed E-state index contributed by atoms with van der Waals surface area (Å²) >= 11 is 0. The Labute approximate surface area is 116 Å². The first-order valence-electron chi connectivity index (χ1n) is 6.68. The molecule has 106 valence electrons. The molecule has 0 fully saturated rings. The highest BCUT2D eigenvalue weighted by Crippen LogP contribution is 2.14. The summed E-state index contributed by atoms with van der Waals surface area (Å²) < 4.78 is 5.41. The maximum Gasteiger partial charge on any atom is 0.323 e. The van der Waals surface area contributed by atoms with Crippen LogP contribution in [0.2, 0.25) is 0 Å². The zero-order valence-electron chi connectivity index (χ0n) is 12.9. The molecule has 1 aromatic carbocycles. The molecule has 0 radical (unpaired) electrons. The molecule has 0 aromatic heterocycles. The smallest absolute Gasteiger partial charge is 0.323 e. The summed E-state index contributed by atoms with van der Waals surface area (Å²) in [7, 11) is 1.95. The molecule has 1 unspecified atom stereocenters. The quantitative estimate of drug-likeness (QED) is 0.782. The predicted octanol–water partition coefficient (Wildman–Crippen LogP) is 3.16. The SMILES string of the molecule is Cc1ccccc1CN(C)C(C)C(=O)OC(C)(C)C. The summed E-state index contributed by atoms with van der Waals surface area (Å²) in [6.45, 7) is 10.4. The first-order chi connectivity index (χ1) is 8.70. The molecule has 0 heterocycles. The van der Waals surface area contributed by atoms with Crippen molar-refractivity contribution >= 4 is 5.97 Å². The second-order valence-corrected chi connectivity index (χ2v) is 6.05. The molecule has 0 amide bonds.